The van der Waals surface area contributed by atoms with Crippen molar-refractivity contribution in [2.45, 2.75) is 39.0 Å². The Bertz CT molecular complexity index is 827. The lowest BCUT2D eigenvalue weighted by molar-refractivity contribution is 0.0449. The molecule has 1 aliphatic rings. The van der Waals surface area contributed by atoms with Gasteiger partial charge in [0.2, 0.25) is 0 Å². The zero-order chi connectivity index (χ0) is 15.9. The average molecular weight is 309 g/mol. The van der Waals surface area contributed by atoms with Gasteiger partial charge in [-0.3, -0.25) is 4.84 Å². The summed E-state index contributed by atoms with van der Waals surface area (Å²) in [6.45, 7) is 5.72. The number of anilines is 1. The molecule has 0 N–H and O–H groups in total. The van der Waals surface area contributed by atoms with Gasteiger partial charge in [-0.15, -0.1) is 0 Å². The van der Waals surface area contributed by atoms with Crippen molar-refractivity contribution in [1.82, 2.24) is 19.5 Å². The van der Waals surface area contributed by atoms with Crippen LogP contribution in [0.3, 0.4) is 0 Å². The molecule has 0 amide bonds. The first kappa shape index (κ1) is 14.1. The number of aromatic nitrogens is 4. The van der Waals surface area contributed by atoms with Gasteiger partial charge in [0.15, 0.2) is 11.5 Å². The van der Waals surface area contributed by atoms with Crippen LogP contribution in [0.1, 0.15) is 25.8 Å². The molecule has 2 aromatic heterocycles. The maximum Gasteiger partial charge on any atom is 0.183 e. The molecule has 0 atom stereocenters. The molecule has 6 nitrogen and oxygen atoms in total. The Morgan fingerprint density at radius 3 is 2.78 bits per heavy atom. The van der Waals surface area contributed by atoms with E-state index in [0.29, 0.717) is 12.3 Å². The fourth-order valence-corrected chi connectivity index (χ4v) is 2.94. The summed E-state index contributed by atoms with van der Waals surface area (Å²) < 4.78 is 2.11. The fraction of sp³-hybridized carbons (Fsp3) is 0.353. The first-order valence-electron chi connectivity index (χ1n) is 7.78. The number of hydroxylamine groups is 1. The number of rotatable bonds is 3. The van der Waals surface area contributed by atoms with Gasteiger partial charge in [-0.2, -0.15) is 0 Å². The van der Waals surface area contributed by atoms with Crippen LogP contribution in [-0.4, -0.2) is 25.1 Å². The summed E-state index contributed by atoms with van der Waals surface area (Å²) in [4.78, 5) is 19.3. The van der Waals surface area contributed by atoms with Gasteiger partial charge < -0.3 is 4.57 Å². The van der Waals surface area contributed by atoms with E-state index < -0.39 is 0 Å². The van der Waals surface area contributed by atoms with Crippen molar-refractivity contribution in [3.63, 3.8) is 0 Å². The zero-order valence-corrected chi connectivity index (χ0v) is 13.3. The molecule has 23 heavy (non-hydrogen) atoms. The Morgan fingerprint density at radius 1 is 1.13 bits per heavy atom. The largest absolute Gasteiger partial charge is 0.326 e. The van der Waals surface area contributed by atoms with E-state index in [0.717, 1.165) is 29.9 Å². The third kappa shape index (κ3) is 2.45. The Hall–Kier alpha value is -2.47. The van der Waals surface area contributed by atoms with E-state index in [4.69, 9.17) is 4.84 Å². The van der Waals surface area contributed by atoms with Crippen LogP contribution >= 0.6 is 0 Å². The molecule has 0 radical (unpaired) electrons. The highest BCUT2D eigenvalue weighted by Crippen LogP contribution is 2.34. The Labute approximate surface area is 134 Å². The number of imidazole rings is 1. The highest BCUT2D eigenvalue weighted by molar-refractivity contribution is 5.83. The molecule has 3 heterocycles. The lowest BCUT2D eigenvalue weighted by Crippen LogP contribution is -2.44. The Kier molecular flexibility index (Phi) is 3.27. The summed E-state index contributed by atoms with van der Waals surface area (Å²) in [6, 6.07) is 10.2. The van der Waals surface area contributed by atoms with Gasteiger partial charge in [-0.05, 0) is 25.8 Å². The molecule has 0 spiro atoms. The molecular formula is C17H19N5O. The van der Waals surface area contributed by atoms with Crippen LogP contribution in [0.5, 0.6) is 0 Å². The molecule has 3 aromatic rings. The minimum absolute atomic E-state index is 0.172. The van der Waals surface area contributed by atoms with Crippen LogP contribution in [0.25, 0.3) is 11.2 Å². The lowest BCUT2D eigenvalue weighted by Gasteiger charge is -2.36. The van der Waals surface area contributed by atoms with Crippen LogP contribution in [0.4, 0.5) is 5.82 Å². The standard InChI is InChI=1S/C17H19N5O/c1-17(2)8-9-21-12-20-15-14(21)16(19-11-18-15)22(17)23-10-13-6-4-3-5-7-13/h3-7,11-12H,8-10H2,1-2H3. The number of benzene rings is 1. The monoisotopic (exact) mass is 309 g/mol. The smallest absolute Gasteiger partial charge is 0.183 e. The molecule has 1 aliphatic heterocycles. The van der Waals surface area contributed by atoms with Crippen molar-refractivity contribution in [3.05, 3.63) is 48.5 Å². The van der Waals surface area contributed by atoms with Crippen LogP contribution in [0.2, 0.25) is 0 Å². The van der Waals surface area contributed by atoms with Gasteiger partial charge in [-0.25, -0.2) is 20.0 Å². The van der Waals surface area contributed by atoms with Crippen molar-refractivity contribution in [1.29, 1.82) is 0 Å². The first-order chi connectivity index (χ1) is 11.1. The molecule has 0 aliphatic carbocycles. The normalized spacial score (nSPS) is 16.5. The summed E-state index contributed by atoms with van der Waals surface area (Å²) in [5.41, 5.74) is 2.60. The predicted octanol–water partition coefficient (Wildman–Crippen LogP) is 2.95. The summed E-state index contributed by atoms with van der Waals surface area (Å²) in [5, 5.41) is 1.93. The summed E-state index contributed by atoms with van der Waals surface area (Å²) in [7, 11) is 0. The molecule has 118 valence electrons. The van der Waals surface area contributed by atoms with Crippen molar-refractivity contribution < 1.29 is 4.84 Å². The number of nitrogens with zero attached hydrogens (tertiary/aromatic N) is 5. The van der Waals surface area contributed by atoms with Gasteiger partial charge in [0.05, 0.1) is 11.9 Å². The fourth-order valence-electron chi connectivity index (χ4n) is 2.94. The van der Waals surface area contributed by atoms with Gasteiger partial charge in [0.25, 0.3) is 0 Å². The minimum Gasteiger partial charge on any atom is -0.326 e. The maximum absolute atomic E-state index is 6.18. The van der Waals surface area contributed by atoms with Crippen LogP contribution in [0, 0.1) is 0 Å². The molecular weight excluding hydrogens is 290 g/mol. The van der Waals surface area contributed by atoms with E-state index in [9.17, 15) is 0 Å². The van der Waals surface area contributed by atoms with E-state index in [-0.39, 0.29) is 5.54 Å². The van der Waals surface area contributed by atoms with Crippen molar-refractivity contribution in [2.75, 3.05) is 5.06 Å². The molecule has 0 saturated carbocycles. The zero-order valence-electron chi connectivity index (χ0n) is 13.3. The number of hydrogen-bond donors (Lipinski definition) is 0. The van der Waals surface area contributed by atoms with E-state index >= 15 is 0 Å². The SMILES string of the molecule is CC1(C)CCn2cnc3ncnc(c32)N1OCc1ccccc1. The van der Waals surface area contributed by atoms with Crippen molar-refractivity contribution in [3.8, 4) is 0 Å². The highest BCUT2D eigenvalue weighted by atomic mass is 16.7. The molecule has 0 unspecified atom stereocenters. The Morgan fingerprint density at radius 2 is 1.96 bits per heavy atom. The number of aryl methyl sites for hydroxylation is 1. The van der Waals surface area contributed by atoms with Gasteiger partial charge in [0.1, 0.15) is 18.5 Å². The van der Waals surface area contributed by atoms with Crippen molar-refractivity contribution in [2.24, 2.45) is 0 Å². The van der Waals surface area contributed by atoms with E-state index in [1.807, 2.05) is 29.6 Å². The summed E-state index contributed by atoms with van der Waals surface area (Å²) >= 11 is 0. The quantitative estimate of drug-likeness (QED) is 0.744. The minimum atomic E-state index is -0.172. The third-order valence-corrected chi connectivity index (χ3v) is 4.30. The topological polar surface area (TPSA) is 56.1 Å². The average Bonchev–Trinajstić information content (AvgIpc) is 2.93. The summed E-state index contributed by atoms with van der Waals surface area (Å²) in [6.07, 6.45) is 4.32. The molecule has 0 bridgehead atoms. The van der Waals surface area contributed by atoms with E-state index in [1.54, 1.807) is 6.33 Å². The third-order valence-electron chi connectivity index (χ3n) is 4.30. The molecule has 4 rings (SSSR count). The van der Waals surface area contributed by atoms with Gasteiger partial charge >= 0.3 is 0 Å². The second-order valence-corrected chi connectivity index (χ2v) is 6.42. The first-order valence-corrected chi connectivity index (χ1v) is 7.78. The summed E-state index contributed by atoms with van der Waals surface area (Å²) in [5.74, 6) is 0.783. The van der Waals surface area contributed by atoms with Crippen LogP contribution in [0.15, 0.2) is 43.0 Å². The molecule has 0 saturated heterocycles. The highest BCUT2D eigenvalue weighted by Gasteiger charge is 2.34. The van der Waals surface area contributed by atoms with E-state index in [1.165, 1.54) is 0 Å². The van der Waals surface area contributed by atoms with Crippen molar-refractivity contribution >= 4 is 17.0 Å². The van der Waals surface area contributed by atoms with Crippen LogP contribution < -0.4 is 5.06 Å². The molecule has 0 fully saturated rings. The van der Waals surface area contributed by atoms with Gasteiger partial charge in [-0.1, -0.05) is 30.3 Å². The second-order valence-electron chi connectivity index (χ2n) is 6.42. The second kappa shape index (κ2) is 5.31. The number of hydrogen-bond acceptors (Lipinski definition) is 5. The van der Waals surface area contributed by atoms with E-state index in [2.05, 4.69) is 45.5 Å². The lowest BCUT2D eigenvalue weighted by atomic mass is 10.0. The van der Waals surface area contributed by atoms with Crippen LogP contribution in [-0.2, 0) is 18.0 Å². The predicted molar refractivity (Wildman–Crippen MR) is 87.7 cm³/mol. The van der Waals surface area contributed by atoms with Gasteiger partial charge in [0, 0.05) is 6.54 Å². The Balaban J connectivity index is 1.73. The molecule has 1 aromatic carbocycles. The maximum atomic E-state index is 6.18. The molecule has 6 heteroatoms.